The lowest BCUT2D eigenvalue weighted by Crippen LogP contribution is -2.30. The van der Waals surface area contributed by atoms with Crippen LogP contribution in [0.4, 0.5) is 17.8 Å². The molecule has 0 spiro atoms. The van der Waals surface area contributed by atoms with E-state index in [9.17, 15) is 0 Å². The Hall–Kier alpha value is -1.15. The SMILES string of the molecule is CC(C)(C)Nc1nc(NCOBr)nc(NC(C)(C)C)n1. The Morgan fingerprint density at radius 1 is 0.850 bits per heavy atom. The van der Waals surface area contributed by atoms with E-state index in [-0.39, 0.29) is 17.8 Å². The summed E-state index contributed by atoms with van der Waals surface area (Å²) in [4.78, 5) is 13.0. The standard InChI is InChI=1S/C12H23BrN6O/c1-11(2,3)18-9-15-8(14-7-20-13)16-10(17-9)19-12(4,5)6/h7H2,1-6H3,(H3,14,15,16,17,18,19). The first-order valence-electron chi connectivity index (χ1n) is 6.39. The third-order valence-corrected chi connectivity index (χ3v) is 2.12. The van der Waals surface area contributed by atoms with Crippen molar-refractivity contribution in [1.82, 2.24) is 15.0 Å². The van der Waals surface area contributed by atoms with Gasteiger partial charge in [-0.15, -0.1) is 0 Å². The van der Waals surface area contributed by atoms with Crippen molar-refractivity contribution < 1.29 is 3.83 Å². The zero-order valence-electron chi connectivity index (χ0n) is 12.8. The second kappa shape index (κ2) is 6.53. The van der Waals surface area contributed by atoms with Gasteiger partial charge in [0.15, 0.2) is 0 Å². The summed E-state index contributed by atoms with van der Waals surface area (Å²) in [5.74, 6) is 1.46. The molecule has 1 aromatic rings. The molecule has 0 fully saturated rings. The maximum Gasteiger partial charge on any atom is 0.231 e. The van der Waals surface area contributed by atoms with Crippen molar-refractivity contribution in [2.24, 2.45) is 0 Å². The van der Waals surface area contributed by atoms with Crippen molar-refractivity contribution >= 4 is 34.1 Å². The number of nitrogens with one attached hydrogen (secondary N) is 3. The molecule has 7 nitrogen and oxygen atoms in total. The fourth-order valence-electron chi connectivity index (χ4n) is 1.33. The number of nitrogens with zero attached hydrogens (tertiary/aromatic N) is 3. The molecule has 0 atom stereocenters. The first kappa shape index (κ1) is 16.9. The van der Waals surface area contributed by atoms with E-state index < -0.39 is 0 Å². The largest absolute Gasteiger partial charge is 0.349 e. The van der Waals surface area contributed by atoms with Crippen molar-refractivity contribution in [3.8, 4) is 0 Å². The van der Waals surface area contributed by atoms with Crippen LogP contribution in [0.5, 0.6) is 0 Å². The zero-order valence-corrected chi connectivity index (χ0v) is 14.4. The Bertz CT molecular complexity index is 406. The van der Waals surface area contributed by atoms with Gasteiger partial charge in [0.2, 0.25) is 17.8 Å². The lowest BCUT2D eigenvalue weighted by Gasteiger charge is -2.23. The highest BCUT2D eigenvalue weighted by Crippen LogP contribution is 2.16. The van der Waals surface area contributed by atoms with Gasteiger partial charge in [-0.1, -0.05) is 0 Å². The second-order valence-corrected chi connectivity index (χ2v) is 6.94. The van der Waals surface area contributed by atoms with Gasteiger partial charge in [-0.25, -0.2) is 0 Å². The van der Waals surface area contributed by atoms with E-state index in [0.29, 0.717) is 17.8 Å². The predicted molar refractivity (Wildman–Crippen MR) is 85.1 cm³/mol. The van der Waals surface area contributed by atoms with E-state index >= 15 is 0 Å². The molecule has 0 aliphatic carbocycles. The van der Waals surface area contributed by atoms with Gasteiger partial charge < -0.3 is 16.0 Å². The average Bonchev–Trinajstić information content (AvgIpc) is 2.21. The third-order valence-electron chi connectivity index (χ3n) is 1.89. The normalized spacial score (nSPS) is 12.2. The van der Waals surface area contributed by atoms with Crippen LogP contribution in [0, 0.1) is 0 Å². The van der Waals surface area contributed by atoms with Crippen molar-refractivity contribution in [3.05, 3.63) is 0 Å². The van der Waals surface area contributed by atoms with Crippen LogP contribution in [0.25, 0.3) is 0 Å². The van der Waals surface area contributed by atoms with Gasteiger partial charge in [-0.05, 0) is 41.5 Å². The molecule has 0 aliphatic heterocycles. The number of hydrogen-bond acceptors (Lipinski definition) is 7. The quantitative estimate of drug-likeness (QED) is 0.706. The van der Waals surface area contributed by atoms with Crippen LogP contribution in [0.1, 0.15) is 41.5 Å². The van der Waals surface area contributed by atoms with Crippen molar-refractivity contribution in [2.75, 3.05) is 22.7 Å². The molecule has 3 N–H and O–H groups in total. The summed E-state index contributed by atoms with van der Waals surface area (Å²) in [6, 6.07) is 0. The summed E-state index contributed by atoms with van der Waals surface area (Å²) in [5.41, 5.74) is -0.271. The molecular formula is C12H23BrN6O. The van der Waals surface area contributed by atoms with Gasteiger partial charge in [0.05, 0.1) is 0 Å². The van der Waals surface area contributed by atoms with Crippen LogP contribution >= 0.6 is 16.3 Å². The molecule has 20 heavy (non-hydrogen) atoms. The molecule has 1 aromatic heterocycles. The smallest absolute Gasteiger partial charge is 0.231 e. The minimum atomic E-state index is -0.135. The molecule has 0 saturated heterocycles. The van der Waals surface area contributed by atoms with Crippen molar-refractivity contribution in [2.45, 2.75) is 52.6 Å². The fraction of sp³-hybridized carbons (Fsp3) is 0.750. The van der Waals surface area contributed by atoms with Crippen molar-refractivity contribution in [3.63, 3.8) is 0 Å². The predicted octanol–water partition coefficient (Wildman–Crippen LogP) is 2.99. The van der Waals surface area contributed by atoms with Crippen LogP contribution in [0.3, 0.4) is 0 Å². The Labute approximate surface area is 128 Å². The van der Waals surface area contributed by atoms with Gasteiger partial charge >= 0.3 is 0 Å². The fourth-order valence-corrected chi connectivity index (χ4v) is 1.44. The third kappa shape index (κ3) is 6.85. The first-order chi connectivity index (χ1) is 9.09. The summed E-state index contributed by atoms with van der Waals surface area (Å²) >= 11 is 2.88. The zero-order chi connectivity index (χ0) is 15.4. The molecule has 0 amide bonds. The first-order valence-corrected chi connectivity index (χ1v) is 7.04. The molecule has 1 heterocycles. The van der Waals surface area contributed by atoms with Gasteiger partial charge in [0, 0.05) is 11.1 Å². The minimum Gasteiger partial charge on any atom is -0.349 e. The van der Waals surface area contributed by atoms with Crippen LogP contribution < -0.4 is 16.0 Å². The number of hydrogen-bond donors (Lipinski definition) is 3. The second-order valence-electron chi connectivity index (χ2n) is 6.49. The molecule has 0 aromatic carbocycles. The Morgan fingerprint density at radius 2 is 1.25 bits per heavy atom. The lowest BCUT2D eigenvalue weighted by molar-refractivity contribution is 0.432. The lowest BCUT2D eigenvalue weighted by atomic mass is 10.1. The van der Waals surface area contributed by atoms with E-state index in [1.807, 2.05) is 41.5 Å². The van der Waals surface area contributed by atoms with Crippen LogP contribution in [0.15, 0.2) is 0 Å². The average molecular weight is 347 g/mol. The molecule has 8 heteroatoms. The number of aromatic nitrogens is 3. The summed E-state index contributed by atoms with van der Waals surface area (Å²) in [7, 11) is 0. The molecule has 114 valence electrons. The summed E-state index contributed by atoms with van der Waals surface area (Å²) in [6.45, 7) is 12.5. The highest BCUT2D eigenvalue weighted by molar-refractivity contribution is 9.06. The van der Waals surface area contributed by atoms with Gasteiger partial charge in [-0.2, -0.15) is 15.0 Å². The van der Waals surface area contributed by atoms with Crippen molar-refractivity contribution in [1.29, 1.82) is 0 Å². The van der Waals surface area contributed by atoms with Gasteiger partial charge in [0.1, 0.15) is 23.0 Å². The monoisotopic (exact) mass is 346 g/mol. The maximum atomic E-state index is 4.79. The number of anilines is 3. The molecule has 0 saturated carbocycles. The van der Waals surface area contributed by atoms with E-state index in [4.69, 9.17) is 3.83 Å². The molecule has 0 unspecified atom stereocenters. The summed E-state index contributed by atoms with van der Waals surface area (Å²) in [5, 5.41) is 9.39. The topological polar surface area (TPSA) is 84.0 Å². The Morgan fingerprint density at radius 3 is 1.60 bits per heavy atom. The number of halogens is 1. The van der Waals surface area contributed by atoms with E-state index in [1.165, 1.54) is 0 Å². The summed E-state index contributed by atoms with van der Waals surface area (Å²) in [6.07, 6.45) is 0. The van der Waals surface area contributed by atoms with E-state index in [1.54, 1.807) is 0 Å². The van der Waals surface area contributed by atoms with Gasteiger partial charge in [-0.3, -0.25) is 3.83 Å². The highest BCUT2D eigenvalue weighted by Gasteiger charge is 2.16. The van der Waals surface area contributed by atoms with E-state index in [0.717, 1.165) is 0 Å². The molecule has 0 bridgehead atoms. The van der Waals surface area contributed by atoms with Crippen LogP contribution in [-0.2, 0) is 3.83 Å². The van der Waals surface area contributed by atoms with E-state index in [2.05, 4.69) is 47.2 Å². The molecule has 1 rings (SSSR count). The van der Waals surface area contributed by atoms with Gasteiger partial charge in [0.25, 0.3) is 0 Å². The molecule has 0 radical (unpaired) electrons. The highest BCUT2D eigenvalue weighted by atomic mass is 79.9. The summed E-state index contributed by atoms with van der Waals surface area (Å²) < 4.78 is 4.79. The maximum absolute atomic E-state index is 4.79. The number of rotatable bonds is 5. The Balaban J connectivity index is 3.01. The molecular weight excluding hydrogens is 324 g/mol. The Kier molecular flexibility index (Phi) is 5.52. The molecule has 0 aliphatic rings. The van der Waals surface area contributed by atoms with Crippen LogP contribution in [0.2, 0.25) is 0 Å². The van der Waals surface area contributed by atoms with Crippen LogP contribution in [-0.4, -0.2) is 32.8 Å². The minimum absolute atomic E-state index is 0.135.